The van der Waals surface area contributed by atoms with Crippen LogP contribution in [0.2, 0.25) is 5.02 Å². The van der Waals surface area contributed by atoms with E-state index in [1.54, 1.807) is 44.2 Å². The van der Waals surface area contributed by atoms with Crippen LogP contribution in [0.3, 0.4) is 0 Å². The molecule has 0 bridgehead atoms. The zero-order valence-corrected chi connectivity index (χ0v) is 16.9. The highest BCUT2D eigenvalue weighted by molar-refractivity contribution is 7.91. The second kappa shape index (κ2) is 7.33. The molecule has 0 aliphatic carbocycles. The average Bonchev–Trinajstić information content (AvgIpc) is 2.60. The third-order valence-corrected chi connectivity index (χ3v) is 6.63. The van der Waals surface area contributed by atoms with Gasteiger partial charge in [-0.15, -0.1) is 0 Å². The van der Waals surface area contributed by atoms with Gasteiger partial charge in [0.2, 0.25) is 9.84 Å². The van der Waals surface area contributed by atoms with Crippen molar-refractivity contribution >= 4 is 21.4 Å². The summed E-state index contributed by atoms with van der Waals surface area (Å²) in [5, 5.41) is 0.606. The molecule has 0 aliphatic rings. The van der Waals surface area contributed by atoms with Gasteiger partial charge >= 0.3 is 0 Å². The topological polar surface area (TPSA) is 56.1 Å². The van der Waals surface area contributed by atoms with Gasteiger partial charge in [-0.2, -0.15) is 0 Å². The maximum atomic E-state index is 13.2. The SMILES string of the molecule is Cc1cccc(S(=O)(=O)c2c(C)cc(C)n(Cc3ccc(Cl)cc3)c2=O)c1. The Labute approximate surface area is 164 Å². The highest BCUT2D eigenvalue weighted by Gasteiger charge is 2.25. The summed E-state index contributed by atoms with van der Waals surface area (Å²) in [6, 6.07) is 15.5. The van der Waals surface area contributed by atoms with Gasteiger partial charge in [0.15, 0.2) is 0 Å². The van der Waals surface area contributed by atoms with E-state index in [9.17, 15) is 13.2 Å². The van der Waals surface area contributed by atoms with E-state index in [-0.39, 0.29) is 16.3 Å². The van der Waals surface area contributed by atoms with Crippen LogP contribution in [-0.2, 0) is 16.4 Å². The van der Waals surface area contributed by atoms with E-state index in [0.717, 1.165) is 11.1 Å². The number of halogens is 1. The Morgan fingerprint density at radius 3 is 2.26 bits per heavy atom. The Morgan fingerprint density at radius 2 is 1.63 bits per heavy atom. The molecular weight excluding hydrogens is 382 g/mol. The zero-order valence-electron chi connectivity index (χ0n) is 15.4. The van der Waals surface area contributed by atoms with Gasteiger partial charge in [0, 0.05) is 10.7 Å². The minimum atomic E-state index is -3.92. The van der Waals surface area contributed by atoms with Crippen LogP contribution in [0.1, 0.15) is 22.4 Å². The van der Waals surface area contributed by atoms with Crippen molar-refractivity contribution < 1.29 is 8.42 Å². The van der Waals surface area contributed by atoms with Crippen LogP contribution in [0.5, 0.6) is 0 Å². The lowest BCUT2D eigenvalue weighted by Crippen LogP contribution is -2.29. The first-order valence-corrected chi connectivity index (χ1v) is 10.3. The highest BCUT2D eigenvalue weighted by atomic mass is 35.5. The van der Waals surface area contributed by atoms with Crippen molar-refractivity contribution in [1.29, 1.82) is 0 Å². The lowest BCUT2D eigenvalue weighted by atomic mass is 10.2. The maximum Gasteiger partial charge on any atom is 0.270 e. The Morgan fingerprint density at radius 1 is 0.963 bits per heavy atom. The number of sulfone groups is 1. The first kappa shape index (κ1) is 19.4. The van der Waals surface area contributed by atoms with E-state index < -0.39 is 15.4 Å². The van der Waals surface area contributed by atoms with Crippen LogP contribution in [0.25, 0.3) is 0 Å². The Balaban J connectivity index is 2.17. The fourth-order valence-electron chi connectivity index (χ4n) is 3.10. The molecule has 3 aromatic rings. The van der Waals surface area contributed by atoms with Gasteiger partial charge < -0.3 is 4.57 Å². The molecule has 1 heterocycles. The maximum absolute atomic E-state index is 13.2. The summed E-state index contributed by atoms with van der Waals surface area (Å²) in [4.78, 5) is 13.1. The minimum Gasteiger partial charge on any atom is -0.307 e. The van der Waals surface area contributed by atoms with Crippen LogP contribution in [0.15, 0.2) is 69.2 Å². The number of nitrogens with zero attached hydrogens (tertiary/aromatic N) is 1. The summed E-state index contributed by atoms with van der Waals surface area (Å²) in [6.45, 7) is 5.55. The van der Waals surface area contributed by atoms with Crippen molar-refractivity contribution in [2.45, 2.75) is 37.1 Å². The number of pyridine rings is 1. The molecule has 6 heteroatoms. The smallest absolute Gasteiger partial charge is 0.270 e. The van der Waals surface area contributed by atoms with E-state index >= 15 is 0 Å². The van der Waals surface area contributed by atoms with Gasteiger partial charge in [0.1, 0.15) is 4.90 Å². The first-order chi connectivity index (χ1) is 12.7. The molecule has 0 amide bonds. The van der Waals surface area contributed by atoms with Crippen molar-refractivity contribution in [3.05, 3.63) is 92.4 Å². The van der Waals surface area contributed by atoms with Crippen molar-refractivity contribution in [3.63, 3.8) is 0 Å². The van der Waals surface area contributed by atoms with Crippen LogP contribution >= 0.6 is 11.6 Å². The predicted molar refractivity (Wildman–Crippen MR) is 107 cm³/mol. The standard InChI is InChI=1S/C21H20ClNO3S/c1-14-5-4-6-19(11-14)27(25,26)20-15(2)12-16(3)23(21(20)24)13-17-7-9-18(22)10-8-17/h4-12H,13H2,1-3H3. The average molecular weight is 402 g/mol. The van der Waals surface area contributed by atoms with Crippen LogP contribution in [-0.4, -0.2) is 13.0 Å². The molecule has 0 unspecified atom stereocenters. The van der Waals surface area contributed by atoms with Crippen molar-refractivity contribution in [2.75, 3.05) is 0 Å². The number of hydrogen-bond acceptors (Lipinski definition) is 3. The number of rotatable bonds is 4. The zero-order chi connectivity index (χ0) is 19.8. The number of aromatic nitrogens is 1. The van der Waals surface area contributed by atoms with E-state index in [0.29, 0.717) is 16.3 Å². The lowest BCUT2D eigenvalue weighted by Gasteiger charge is -2.15. The number of aryl methyl sites for hydroxylation is 3. The lowest BCUT2D eigenvalue weighted by molar-refractivity contribution is 0.590. The van der Waals surface area contributed by atoms with Crippen molar-refractivity contribution in [3.8, 4) is 0 Å². The fraction of sp³-hybridized carbons (Fsp3) is 0.190. The molecule has 0 aliphatic heterocycles. The van der Waals surface area contributed by atoms with Gasteiger partial charge in [-0.05, 0) is 67.8 Å². The van der Waals surface area contributed by atoms with E-state index in [2.05, 4.69) is 0 Å². The molecule has 0 saturated heterocycles. The summed E-state index contributed by atoms with van der Waals surface area (Å²) in [6.07, 6.45) is 0. The summed E-state index contributed by atoms with van der Waals surface area (Å²) in [5.74, 6) is 0. The number of hydrogen-bond donors (Lipinski definition) is 0. The summed E-state index contributed by atoms with van der Waals surface area (Å²) < 4.78 is 27.8. The van der Waals surface area contributed by atoms with E-state index in [1.807, 2.05) is 25.1 Å². The molecule has 1 aromatic heterocycles. The highest BCUT2D eigenvalue weighted by Crippen LogP contribution is 2.23. The van der Waals surface area contributed by atoms with Crippen LogP contribution in [0.4, 0.5) is 0 Å². The summed E-state index contributed by atoms with van der Waals surface area (Å²) in [7, 11) is -3.92. The Hall–Kier alpha value is -2.37. The van der Waals surface area contributed by atoms with Crippen molar-refractivity contribution in [2.24, 2.45) is 0 Å². The predicted octanol–water partition coefficient (Wildman–Crippen LogP) is 4.31. The molecule has 0 saturated carbocycles. The minimum absolute atomic E-state index is 0.129. The molecule has 0 fully saturated rings. The molecule has 4 nitrogen and oxygen atoms in total. The molecule has 0 radical (unpaired) electrons. The Bertz CT molecular complexity index is 1160. The molecular formula is C21H20ClNO3S. The molecule has 3 rings (SSSR count). The van der Waals surface area contributed by atoms with Gasteiger partial charge in [-0.3, -0.25) is 4.79 Å². The third-order valence-electron chi connectivity index (χ3n) is 4.47. The monoisotopic (exact) mass is 401 g/mol. The fourth-order valence-corrected chi connectivity index (χ4v) is 4.89. The largest absolute Gasteiger partial charge is 0.307 e. The van der Waals surface area contributed by atoms with Gasteiger partial charge in [0.05, 0.1) is 11.4 Å². The van der Waals surface area contributed by atoms with E-state index in [1.165, 1.54) is 10.6 Å². The van der Waals surface area contributed by atoms with Gasteiger partial charge in [0.25, 0.3) is 5.56 Å². The second-order valence-corrected chi connectivity index (χ2v) is 8.96. The second-order valence-electron chi connectivity index (χ2n) is 6.64. The Kier molecular flexibility index (Phi) is 5.27. The molecule has 0 atom stereocenters. The normalized spacial score (nSPS) is 11.6. The molecule has 27 heavy (non-hydrogen) atoms. The summed E-state index contributed by atoms with van der Waals surface area (Å²) in [5.41, 5.74) is 2.33. The first-order valence-electron chi connectivity index (χ1n) is 8.47. The quantitative estimate of drug-likeness (QED) is 0.654. The van der Waals surface area contributed by atoms with Crippen molar-refractivity contribution in [1.82, 2.24) is 4.57 Å². The number of benzene rings is 2. The molecule has 0 spiro atoms. The molecule has 0 N–H and O–H groups in total. The third kappa shape index (κ3) is 3.84. The van der Waals surface area contributed by atoms with Crippen LogP contribution in [0, 0.1) is 20.8 Å². The van der Waals surface area contributed by atoms with Crippen LogP contribution < -0.4 is 5.56 Å². The molecule has 2 aromatic carbocycles. The van der Waals surface area contributed by atoms with Gasteiger partial charge in [-0.1, -0.05) is 35.9 Å². The van der Waals surface area contributed by atoms with Gasteiger partial charge in [-0.25, -0.2) is 8.42 Å². The summed E-state index contributed by atoms with van der Waals surface area (Å²) >= 11 is 5.92. The molecule has 140 valence electrons. The van der Waals surface area contributed by atoms with E-state index in [4.69, 9.17) is 11.6 Å².